The minimum atomic E-state index is 0.961. The quantitative estimate of drug-likeness (QED) is 0.577. The van der Waals surface area contributed by atoms with Crippen molar-refractivity contribution in [2.24, 2.45) is 11.8 Å². The second-order valence-electron chi connectivity index (χ2n) is 5.91. The van der Waals surface area contributed by atoms with Crippen molar-refractivity contribution in [1.82, 2.24) is 0 Å². The maximum atomic E-state index is 2.54. The summed E-state index contributed by atoms with van der Waals surface area (Å²) in [7, 11) is 0. The molecule has 0 aromatic rings. The molecule has 2 atom stereocenters. The van der Waals surface area contributed by atoms with E-state index in [9.17, 15) is 0 Å². The highest BCUT2D eigenvalue weighted by Gasteiger charge is 2.32. The van der Waals surface area contributed by atoms with Gasteiger partial charge in [-0.25, -0.2) is 0 Å². The molecule has 1 saturated carbocycles. The van der Waals surface area contributed by atoms with Crippen LogP contribution in [0.2, 0.25) is 0 Å². The summed E-state index contributed by atoms with van der Waals surface area (Å²) >= 11 is 2.15. The van der Waals surface area contributed by atoms with Crippen LogP contribution in [0.4, 0.5) is 0 Å². The fourth-order valence-corrected chi connectivity index (χ4v) is 5.07. The van der Waals surface area contributed by atoms with Crippen molar-refractivity contribution >= 4 is 11.8 Å². The molecule has 2 rings (SSSR count). The van der Waals surface area contributed by atoms with Crippen molar-refractivity contribution in [2.45, 2.75) is 76.9 Å². The van der Waals surface area contributed by atoms with Gasteiger partial charge in [-0.1, -0.05) is 57.9 Å². The van der Waals surface area contributed by atoms with Gasteiger partial charge in [0.25, 0.3) is 0 Å². The SMILES string of the molecule is CCCC(CCC)CC1=CSC2CCCCC12. The lowest BCUT2D eigenvalue weighted by Gasteiger charge is -2.28. The second kappa shape index (κ2) is 6.87. The van der Waals surface area contributed by atoms with Gasteiger partial charge in [-0.15, -0.1) is 11.8 Å². The molecule has 98 valence electrons. The highest BCUT2D eigenvalue weighted by atomic mass is 32.2. The van der Waals surface area contributed by atoms with Gasteiger partial charge >= 0.3 is 0 Å². The molecule has 1 heterocycles. The summed E-state index contributed by atoms with van der Waals surface area (Å²) < 4.78 is 0. The predicted octanol–water partition coefficient (Wildman–Crippen LogP) is 5.78. The molecule has 0 spiro atoms. The summed E-state index contributed by atoms with van der Waals surface area (Å²) in [5, 5.41) is 3.50. The van der Waals surface area contributed by atoms with E-state index in [4.69, 9.17) is 0 Å². The van der Waals surface area contributed by atoms with E-state index in [1.54, 1.807) is 0 Å². The van der Waals surface area contributed by atoms with Gasteiger partial charge in [-0.05, 0) is 36.5 Å². The van der Waals surface area contributed by atoms with Crippen LogP contribution in [-0.2, 0) is 0 Å². The van der Waals surface area contributed by atoms with E-state index in [2.05, 4.69) is 31.0 Å². The molecule has 0 aromatic heterocycles. The molecule has 0 saturated heterocycles. The fraction of sp³-hybridized carbons (Fsp3) is 0.875. The average molecular weight is 252 g/mol. The van der Waals surface area contributed by atoms with Crippen LogP contribution >= 0.6 is 11.8 Å². The van der Waals surface area contributed by atoms with E-state index in [-0.39, 0.29) is 0 Å². The first-order valence-electron chi connectivity index (χ1n) is 7.69. The van der Waals surface area contributed by atoms with Gasteiger partial charge in [0.05, 0.1) is 0 Å². The molecule has 0 bridgehead atoms. The summed E-state index contributed by atoms with van der Waals surface area (Å²) in [6.45, 7) is 4.67. The molecule has 0 radical (unpaired) electrons. The third kappa shape index (κ3) is 3.53. The maximum Gasteiger partial charge on any atom is 0.0154 e. The Morgan fingerprint density at radius 1 is 1.18 bits per heavy atom. The average Bonchev–Trinajstić information content (AvgIpc) is 2.74. The predicted molar refractivity (Wildman–Crippen MR) is 79.3 cm³/mol. The van der Waals surface area contributed by atoms with Gasteiger partial charge in [0, 0.05) is 5.25 Å². The first-order chi connectivity index (χ1) is 8.35. The number of allylic oxidation sites excluding steroid dienone is 1. The van der Waals surface area contributed by atoms with Gasteiger partial charge in [0.15, 0.2) is 0 Å². The minimum absolute atomic E-state index is 0.961. The zero-order valence-corrected chi connectivity index (χ0v) is 12.4. The first-order valence-corrected chi connectivity index (χ1v) is 8.63. The second-order valence-corrected chi connectivity index (χ2v) is 7.02. The Morgan fingerprint density at radius 3 is 2.59 bits per heavy atom. The van der Waals surface area contributed by atoms with Gasteiger partial charge in [-0.3, -0.25) is 0 Å². The summed E-state index contributed by atoms with van der Waals surface area (Å²) in [6, 6.07) is 0. The Kier molecular flexibility index (Phi) is 5.47. The van der Waals surface area contributed by atoms with Crippen molar-refractivity contribution in [3.05, 3.63) is 11.0 Å². The van der Waals surface area contributed by atoms with E-state index < -0.39 is 0 Å². The van der Waals surface area contributed by atoms with Crippen LogP contribution in [0, 0.1) is 11.8 Å². The minimum Gasteiger partial charge on any atom is -0.130 e. The molecular weight excluding hydrogens is 224 g/mol. The zero-order chi connectivity index (χ0) is 12.1. The molecule has 1 aliphatic carbocycles. The molecule has 0 aromatic carbocycles. The monoisotopic (exact) mass is 252 g/mol. The van der Waals surface area contributed by atoms with Crippen molar-refractivity contribution in [3.8, 4) is 0 Å². The standard InChI is InChI=1S/C16H28S/c1-3-7-13(8-4-2)11-14-12-17-16-10-6-5-9-15(14)16/h12-13,15-16H,3-11H2,1-2H3. The number of hydrogen-bond donors (Lipinski definition) is 0. The highest BCUT2D eigenvalue weighted by molar-refractivity contribution is 8.03. The molecule has 1 aliphatic heterocycles. The van der Waals surface area contributed by atoms with Crippen LogP contribution in [0.25, 0.3) is 0 Å². The maximum absolute atomic E-state index is 2.54. The van der Waals surface area contributed by atoms with E-state index in [0.29, 0.717) is 0 Å². The Bertz CT molecular complexity index is 250. The van der Waals surface area contributed by atoms with Crippen LogP contribution in [0.5, 0.6) is 0 Å². The van der Waals surface area contributed by atoms with E-state index in [1.165, 1.54) is 57.8 Å². The highest BCUT2D eigenvalue weighted by Crippen LogP contribution is 2.46. The molecule has 0 amide bonds. The fourth-order valence-electron chi connectivity index (χ4n) is 3.64. The lowest BCUT2D eigenvalue weighted by molar-refractivity contribution is 0.375. The van der Waals surface area contributed by atoms with Gasteiger partial charge in [0.2, 0.25) is 0 Å². The normalized spacial score (nSPS) is 28.3. The smallest absolute Gasteiger partial charge is 0.0154 e. The van der Waals surface area contributed by atoms with Gasteiger partial charge < -0.3 is 0 Å². The third-order valence-corrected chi connectivity index (χ3v) is 5.84. The van der Waals surface area contributed by atoms with Crippen molar-refractivity contribution in [3.63, 3.8) is 0 Å². The summed E-state index contributed by atoms with van der Waals surface area (Å²) in [5.41, 5.74) is 1.83. The molecule has 2 aliphatic rings. The Labute approximate surface area is 112 Å². The van der Waals surface area contributed by atoms with Crippen molar-refractivity contribution < 1.29 is 0 Å². The molecule has 2 unspecified atom stereocenters. The largest absolute Gasteiger partial charge is 0.130 e. The lowest BCUT2D eigenvalue weighted by atomic mass is 9.79. The molecule has 1 heteroatoms. The van der Waals surface area contributed by atoms with Gasteiger partial charge in [-0.2, -0.15) is 0 Å². The van der Waals surface area contributed by atoms with E-state index >= 15 is 0 Å². The summed E-state index contributed by atoms with van der Waals surface area (Å²) in [4.78, 5) is 0. The van der Waals surface area contributed by atoms with Crippen molar-refractivity contribution in [1.29, 1.82) is 0 Å². The molecule has 1 fully saturated rings. The number of hydrogen-bond acceptors (Lipinski definition) is 1. The lowest BCUT2D eigenvalue weighted by Crippen LogP contribution is -2.20. The Morgan fingerprint density at radius 2 is 1.88 bits per heavy atom. The number of thioether (sulfide) groups is 1. The third-order valence-electron chi connectivity index (χ3n) is 4.49. The molecule has 0 nitrogen and oxygen atoms in total. The van der Waals surface area contributed by atoms with Crippen LogP contribution in [-0.4, -0.2) is 5.25 Å². The van der Waals surface area contributed by atoms with E-state index in [0.717, 1.165) is 17.1 Å². The van der Waals surface area contributed by atoms with E-state index in [1.807, 2.05) is 5.57 Å². The summed E-state index contributed by atoms with van der Waals surface area (Å²) in [5.74, 6) is 1.93. The zero-order valence-electron chi connectivity index (χ0n) is 11.6. The van der Waals surface area contributed by atoms with Crippen molar-refractivity contribution in [2.75, 3.05) is 0 Å². The van der Waals surface area contributed by atoms with Gasteiger partial charge in [0.1, 0.15) is 0 Å². The molecule has 17 heavy (non-hydrogen) atoms. The number of fused-ring (bicyclic) bond motifs is 1. The Hall–Kier alpha value is 0.0900. The summed E-state index contributed by atoms with van der Waals surface area (Å²) in [6.07, 6.45) is 12.9. The first kappa shape index (κ1) is 13.5. The molecular formula is C16H28S. The molecule has 0 N–H and O–H groups in total. The van der Waals surface area contributed by atoms with Crippen LogP contribution in [0.15, 0.2) is 11.0 Å². The van der Waals surface area contributed by atoms with Crippen LogP contribution in [0.3, 0.4) is 0 Å². The van der Waals surface area contributed by atoms with Crippen LogP contribution < -0.4 is 0 Å². The topological polar surface area (TPSA) is 0 Å². The number of rotatable bonds is 6. The van der Waals surface area contributed by atoms with Crippen LogP contribution in [0.1, 0.15) is 71.6 Å². The Balaban J connectivity index is 1.88.